The molecule has 0 aliphatic rings. The first kappa shape index (κ1) is 20.0. The molecule has 0 saturated carbocycles. The number of hydrogen-bond acceptors (Lipinski definition) is 3. The smallest absolute Gasteiger partial charge is 0.342 e. The molecule has 1 heterocycles. The number of carbonyl (C=O) groups is 1. The lowest BCUT2D eigenvalue weighted by Gasteiger charge is -2.18. The molecular weight excluding hydrogens is 324 g/mol. The lowest BCUT2D eigenvalue weighted by Crippen LogP contribution is -2.23. The standard InChI is InChI=1S/C23H30O3/c1-7-8-9-10-19(18-13-11-16(2)12-14-18)21-15-20(17(3)25-21)22(24)26-23(4,5)6/h10-15H,7-9H2,1-6H3/b19-10+. The van der Waals surface area contributed by atoms with Crippen LogP contribution in [0.25, 0.3) is 5.57 Å². The average molecular weight is 354 g/mol. The van der Waals surface area contributed by atoms with Crippen molar-refractivity contribution in [2.75, 3.05) is 0 Å². The van der Waals surface area contributed by atoms with Crippen molar-refractivity contribution in [1.29, 1.82) is 0 Å². The van der Waals surface area contributed by atoms with Crippen LogP contribution >= 0.6 is 0 Å². The number of unbranched alkanes of at least 4 members (excludes halogenated alkanes) is 2. The summed E-state index contributed by atoms with van der Waals surface area (Å²) in [5.74, 6) is 0.952. The first-order valence-electron chi connectivity index (χ1n) is 9.32. The SMILES string of the molecule is CCCC/C=C(\c1ccc(C)cc1)c1cc(C(=O)OC(C)(C)C)c(C)o1. The van der Waals surface area contributed by atoms with Gasteiger partial charge < -0.3 is 9.15 Å². The molecule has 0 N–H and O–H groups in total. The zero-order valence-electron chi connectivity index (χ0n) is 16.8. The fraction of sp³-hybridized carbons (Fsp3) is 0.435. The van der Waals surface area contributed by atoms with Crippen molar-refractivity contribution >= 4 is 11.5 Å². The van der Waals surface area contributed by atoms with E-state index < -0.39 is 5.60 Å². The quantitative estimate of drug-likeness (QED) is 0.440. The molecule has 0 saturated heterocycles. The third-order valence-electron chi connectivity index (χ3n) is 4.07. The summed E-state index contributed by atoms with van der Waals surface area (Å²) in [6.07, 6.45) is 5.43. The number of furan rings is 1. The zero-order chi connectivity index (χ0) is 19.3. The Morgan fingerprint density at radius 1 is 1.15 bits per heavy atom. The Labute approximate surface area is 157 Å². The number of aryl methyl sites for hydroxylation is 2. The Kier molecular flexibility index (Phi) is 6.47. The second kappa shape index (κ2) is 8.39. The highest BCUT2D eigenvalue weighted by molar-refractivity contribution is 5.92. The van der Waals surface area contributed by atoms with E-state index in [9.17, 15) is 4.79 Å². The van der Waals surface area contributed by atoms with Gasteiger partial charge in [0.15, 0.2) is 0 Å². The number of esters is 1. The summed E-state index contributed by atoms with van der Waals surface area (Å²) in [7, 11) is 0. The molecule has 2 aromatic rings. The van der Waals surface area contributed by atoms with Crippen molar-refractivity contribution < 1.29 is 13.9 Å². The lowest BCUT2D eigenvalue weighted by molar-refractivity contribution is 0.00678. The largest absolute Gasteiger partial charge is 0.460 e. The predicted molar refractivity (Wildman–Crippen MR) is 106 cm³/mol. The minimum Gasteiger partial charge on any atom is -0.460 e. The molecule has 0 aliphatic heterocycles. The van der Waals surface area contributed by atoms with Crippen LogP contribution in [0.3, 0.4) is 0 Å². The van der Waals surface area contributed by atoms with Crippen LogP contribution in [0.1, 0.15) is 80.0 Å². The fourth-order valence-electron chi connectivity index (χ4n) is 2.69. The molecule has 1 aromatic heterocycles. The maximum atomic E-state index is 12.5. The van der Waals surface area contributed by atoms with Gasteiger partial charge in [0.05, 0.1) is 0 Å². The van der Waals surface area contributed by atoms with Crippen molar-refractivity contribution in [1.82, 2.24) is 0 Å². The van der Waals surface area contributed by atoms with Crippen molar-refractivity contribution in [3.8, 4) is 0 Å². The van der Waals surface area contributed by atoms with Gasteiger partial charge in [0.25, 0.3) is 0 Å². The molecular formula is C23H30O3. The number of carbonyl (C=O) groups excluding carboxylic acids is 1. The summed E-state index contributed by atoms with van der Waals surface area (Å²) in [6.45, 7) is 11.7. The second-order valence-electron chi connectivity index (χ2n) is 7.71. The summed E-state index contributed by atoms with van der Waals surface area (Å²) in [6, 6.07) is 10.2. The molecule has 3 heteroatoms. The molecule has 26 heavy (non-hydrogen) atoms. The summed E-state index contributed by atoms with van der Waals surface area (Å²) in [4.78, 5) is 12.5. The molecule has 1 aromatic carbocycles. The monoisotopic (exact) mass is 354 g/mol. The highest BCUT2D eigenvalue weighted by Crippen LogP contribution is 2.29. The number of hydrogen-bond donors (Lipinski definition) is 0. The first-order chi connectivity index (χ1) is 12.2. The van der Waals surface area contributed by atoms with Crippen LogP contribution in [0, 0.1) is 13.8 Å². The summed E-state index contributed by atoms with van der Waals surface area (Å²) in [5, 5.41) is 0. The van der Waals surface area contributed by atoms with Gasteiger partial charge in [-0.2, -0.15) is 0 Å². The second-order valence-corrected chi connectivity index (χ2v) is 7.71. The van der Waals surface area contributed by atoms with Crippen molar-refractivity contribution in [2.45, 2.75) is 66.4 Å². The van der Waals surface area contributed by atoms with E-state index in [0.717, 1.165) is 30.4 Å². The molecule has 3 nitrogen and oxygen atoms in total. The van der Waals surface area contributed by atoms with Gasteiger partial charge in [-0.05, 0) is 52.7 Å². The van der Waals surface area contributed by atoms with Crippen LogP contribution in [0.15, 0.2) is 40.8 Å². The van der Waals surface area contributed by atoms with Crippen LogP contribution in [-0.4, -0.2) is 11.6 Å². The van der Waals surface area contributed by atoms with Crippen LogP contribution in [0.2, 0.25) is 0 Å². The van der Waals surface area contributed by atoms with Gasteiger partial charge in [0.2, 0.25) is 0 Å². The third kappa shape index (κ3) is 5.35. The van der Waals surface area contributed by atoms with Crippen molar-refractivity contribution in [3.05, 3.63) is 64.6 Å². The molecule has 0 spiro atoms. The Morgan fingerprint density at radius 3 is 2.38 bits per heavy atom. The van der Waals surface area contributed by atoms with Crippen molar-refractivity contribution in [2.24, 2.45) is 0 Å². The minimum atomic E-state index is -0.530. The van der Waals surface area contributed by atoms with E-state index in [-0.39, 0.29) is 5.97 Å². The normalized spacial score (nSPS) is 12.3. The Bertz CT molecular complexity index is 771. The van der Waals surface area contributed by atoms with Gasteiger partial charge in [0, 0.05) is 5.57 Å². The molecule has 0 bridgehead atoms. The molecule has 0 atom stereocenters. The van der Waals surface area contributed by atoms with E-state index in [1.807, 2.05) is 27.7 Å². The predicted octanol–water partition coefficient (Wildman–Crippen LogP) is 6.47. The van der Waals surface area contributed by atoms with Gasteiger partial charge in [-0.15, -0.1) is 0 Å². The molecule has 0 amide bonds. The number of rotatable bonds is 6. The lowest BCUT2D eigenvalue weighted by atomic mass is 10.00. The van der Waals surface area contributed by atoms with E-state index in [2.05, 4.69) is 44.2 Å². The summed E-state index contributed by atoms with van der Waals surface area (Å²) in [5.41, 5.74) is 3.29. The van der Waals surface area contributed by atoms with Crippen LogP contribution in [0.4, 0.5) is 0 Å². The summed E-state index contributed by atoms with van der Waals surface area (Å²) >= 11 is 0. The highest BCUT2D eigenvalue weighted by Gasteiger charge is 2.23. The van der Waals surface area contributed by atoms with E-state index in [1.54, 1.807) is 6.07 Å². The van der Waals surface area contributed by atoms with Gasteiger partial charge in [-0.3, -0.25) is 0 Å². The molecule has 0 aliphatic carbocycles. The third-order valence-corrected chi connectivity index (χ3v) is 4.07. The Hall–Kier alpha value is -2.29. The molecule has 0 radical (unpaired) electrons. The summed E-state index contributed by atoms with van der Waals surface area (Å²) < 4.78 is 11.5. The zero-order valence-corrected chi connectivity index (χ0v) is 16.8. The first-order valence-corrected chi connectivity index (χ1v) is 9.32. The number of ether oxygens (including phenoxy) is 1. The van der Waals surface area contributed by atoms with Gasteiger partial charge in [-0.1, -0.05) is 55.7 Å². The fourth-order valence-corrected chi connectivity index (χ4v) is 2.69. The van der Waals surface area contributed by atoms with Gasteiger partial charge in [-0.25, -0.2) is 4.79 Å². The minimum absolute atomic E-state index is 0.346. The van der Waals surface area contributed by atoms with E-state index in [1.165, 1.54) is 5.56 Å². The molecule has 140 valence electrons. The van der Waals surface area contributed by atoms with E-state index in [4.69, 9.17) is 9.15 Å². The molecule has 2 rings (SSSR count). The maximum Gasteiger partial charge on any atom is 0.342 e. The van der Waals surface area contributed by atoms with Crippen LogP contribution in [0.5, 0.6) is 0 Å². The highest BCUT2D eigenvalue weighted by atomic mass is 16.6. The maximum absolute atomic E-state index is 12.5. The Morgan fingerprint density at radius 2 is 1.81 bits per heavy atom. The van der Waals surface area contributed by atoms with Crippen LogP contribution in [-0.2, 0) is 4.74 Å². The molecule has 0 unspecified atom stereocenters. The average Bonchev–Trinajstić information content (AvgIpc) is 2.93. The van der Waals surface area contributed by atoms with Crippen molar-refractivity contribution in [3.63, 3.8) is 0 Å². The number of benzene rings is 1. The van der Waals surface area contributed by atoms with E-state index >= 15 is 0 Å². The van der Waals surface area contributed by atoms with Gasteiger partial charge >= 0.3 is 5.97 Å². The topological polar surface area (TPSA) is 39.4 Å². The molecule has 0 fully saturated rings. The van der Waals surface area contributed by atoms with E-state index in [0.29, 0.717) is 17.1 Å². The van der Waals surface area contributed by atoms with Gasteiger partial charge in [0.1, 0.15) is 22.7 Å². The Balaban J connectivity index is 2.39. The number of allylic oxidation sites excluding steroid dienone is 1. The van der Waals surface area contributed by atoms with Crippen LogP contribution < -0.4 is 0 Å².